The summed E-state index contributed by atoms with van der Waals surface area (Å²) < 4.78 is 71.8. The van der Waals surface area contributed by atoms with Crippen LogP contribution in [0, 0.1) is 24.4 Å². The van der Waals surface area contributed by atoms with Crippen molar-refractivity contribution in [2.75, 3.05) is 4.72 Å². The number of anilines is 1. The van der Waals surface area contributed by atoms with E-state index in [1.54, 1.807) is 4.57 Å². The summed E-state index contributed by atoms with van der Waals surface area (Å²) in [5.41, 5.74) is -0.250. The van der Waals surface area contributed by atoms with E-state index in [-0.39, 0.29) is 21.8 Å². The van der Waals surface area contributed by atoms with Gasteiger partial charge in [0, 0.05) is 19.0 Å². The SMILES string of the molecule is Cc1ccc(S(=O)(=O)Nc2cc(-c3nnc4n3CCCCC4)c(F)cc2F)cc1F. The van der Waals surface area contributed by atoms with E-state index in [2.05, 4.69) is 14.9 Å². The van der Waals surface area contributed by atoms with E-state index in [0.717, 1.165) is 31.4 Å². The molecule has 0 amide bonds. The summed E-state index contributed by atoms with van der Waals surface area (Å²) in [6, 6.07) is 5.01. The summed E-state index contributed by atoms with van der Waals surface area (Å²) in [5, 5.41) is 8.14. The second kappa shape index (κ2) is 7.75. The first kappa shape index (κ1) is 20.4. The number of rotatable bonds is 4. The Kier molecular flexibility index (Phi) is 5.27. The maximum Gasteiger partial charge on any atom is 0.262 e. The molecule has 0 atom stereocenters. The Morgan fingerprint density at radius 3 is 2.53 bits per heavy atom. The Hall–Kier alpha value is -2.88. The lowest BCUT2D eigenvalue weighted by molar-refractivity contribution is 0.580. The van der Waals surface area contributed by atoms with Gasteiger partial charge in [0.25, 0.3) is 10.0 Å². The van der Waals surface area contributed by atoms with Gasteiger partial charge in [-0.25, -0.2) is 21.6 Å². The van der Waals surface area contributed by atoms with Gasteiger partial charge in [0.15, 0.2) is 5.82 Å². The Balaban J connectivity index is 1.74. The molecule has 0 saturated heterocycles. The van der Waals surface area contributed by atoms with Crippen molar-refractivity contribution in [1.82, 2.24) is 14.8 Å². The first-order valence-corrected chi connectivity index (χ1v) is 10.9. The third kappa shape index (κ3) is 3.79. The van der Waals surface area contributed by atoms with Crippen LogP contribution in [0.15, 0.2) is 35.2 Å². The van der Waals surface area contributed by atoms with Gasteiger partial charge in [-0.05, 0) is 43.5 Å². The van der Waals surface area contributed by atoms with Crippen LogP contribution in [0.3, 0.4) is 0 Å². The van der Waals surface area contributed by atoms with Crippen molar-refractivity contribution in [3.05, 3.63) is 59.2 Å². The van der Waals surface area contributed by atoms with Crippen LogP contribution in [-0.2, 0) is 23.0 Å². The Morgan fingerprint density at radius 1 is 0.967 bits per heavy atom. The second-order valence-corrected chi connectivity index (χ2v) is 8.91. The quantitative estimate of drug-likeness (QED) is 0.665. The van der Waals surface area contributed by atoms with Gasteiger partial charge in [-0.3, -0.25) is 4.72 Å². The molecule has 0 bridgehead atoms. The van der Waals surface area contributed by atoms with Gasteiger partial charge in [0.05, 0.1) is 16.1 Å². The van der Waals surface area contributed by atoms with Crippen molar-refractivity contribution in [3.63, 3.8) is 0 Å². The minimum atomic E-state index is -4.29. The van der Waals surface area contributed by atoms with Crippen LogP contribution in [0.4, 0.5) is 18.9 Å². The fraction of sp³-hybridized carbons (Fsp3) is 0.300. The van der Waals surface area contributed by atoms with E-state index in [1.807, 2.05) is 0 Å². The molecule has 0 aliphatic carbocycles. The summed E-state index contributed by atoms with van der Waals surface area (Å²) in [4.78, 5) is -0.368. The molecular weight excluding hydrogens is 417 g/mol. The van der Waals surface area contributed by atoms with Crippen LogP contribution in [0.1, 0.15) is 30.7 Å². The molecule has 2 heterocycles. The van der Waals surface area contributed by atoms with Crippen molar-refractivity contribution >= 4 is 15.7 Å². The molecule has 3 aromatic rings. The monoisotopic (exact) mass is 436 g/mol. The van der Waals surface area contributed by atoms with Gasteiger partial charge in [0.2, 0.25) is 0 Å². The van der Waals surface area contributed by atoms with Gasteiger partial charge >= 0.3 is 0 Å². The number of benzene rings is 2. The molecular formula is C20H19F3N4O2S. The number of sulfonamides is 1. The normalized spacial score (nSPS) is 14.3. The predicted octanol–water partition coefficient (Wildman–Crippen LogP) is 4.20. The molecule has 0 radical (unpaired) electrons. The first-order valence-electron chi connectivity index (χ1n) is 9.47. The highest BCUT2D eigenvalue weighted by atomic mass is 32.2. The van der Waals surface area contributed by atoms with E-state index in [0.29, 0.717) is 24.9 Å². The number of halogens is 3. The van der Waals surface area contributed by atoms with E-state index >= 15 is 0 Å². The topological polar surface area (TPSA) is 76.9 Å². The lowest BCUT2D eigenvalue weighted by Gasteiger charge is -2.13. The number of aromatic nitrogens is 3. The molecule has 10 heteroatoms. The number of aryl methyl sites for hydroxylation is 2. The fourth-order valence-electron chi connectivity index (χ4n) is 3.43. The summed E-state index contributed by atoms with van der Waals surface area (Å²) in [6.45, 7) is 2.09. The van der Waals surface area contributed by atoms with Crippen LogP contribution in [0.5, 0.6) is 0 Å². The minimum absolute atomic E-state index is 0.0650. The molecule has 2 aromatic carbocycles. The Bertz CT molecular complexity index is 1230. The number of nitrogens with one attached hydrogen (secondary N) is 1. The molecule has 1 aliphatic rings. The van der Waals surface area contributed by atoms with Crippen molar-refractivity contribution in [1.29, 1.82) is 0 Å². The minimum Gasteiger partial charge on any atom is -0.311 e. The molecule has 1 aromatic heterocycles. The average Bonchev–Trinajstić information content (AvgIpc) is 2.93. The van der Waals surface area contributed by atoms with E-state index < -0.39 is 33.2 Å². The number of hydrogen-bond donors (Lipinski definition) is 1. The molecule has 6 nitrogen and oxygen atoms in total. The fourth-order valence-corrected chi connectivity index (χ4v) is 4.50. The van der Waals surface area contributed by atoms with Crippen molar-refractivity contribution < 1.29 is 21.6 Å². The van der Waals surface area contributed by atoms with Crippen molar-refractivity contribution in [2.24, 2.45) is 0 Å². The van der Waals surface area contributed by atoms with Crippen LogP contribution in [-0.4, -0.2) is 23.2 Å². The maximum absolute atomic E-state index is 14.6. The van der Waals surface area contributed by atoms with E-state index in [4.69, 9.17) is 0 Å². The zero-order chi connectivity index (χ0) is 21.5. The van der Waals surface area contributed by atoms with Crippen molar-refractivity contribution in [2.45, 2.75) is 44.0 Å². The zero-order valence-corrected chi connectivity index (χ0v) is 16.9. The van der Waals surface area contributed by atoms with Crippen LogP contribution in [0.25, 0.3) is 11.4 Å². The van der Waals surface area contributed by atoms with Crippen LogP contribution < -0.4 is 4.72 Å². The number of hydrogen-bond acceptors (Lipinski definition) is 4. The van der Waals surface area contributed by atoms with Gasteiger partial charge in [-0.15, -0.1) is 10.2 Å². The summed E-state index contributed by atoms with van der Waals surface area (Å²) in [5.74, 6) is -1.75. The van der Waals surface area contributed by atoms with Gasteiger partial charge in [-0.2, -0.15) is 0 Å². The summed E-state index contributed by atoms with van der Waals surface area (Å²) in [7, 11) is -4.29. The molecule has 1 aliphatic heterocycles. The maximum atomic E-state index is 14.6. The molecule has 0 saturated carbocycles. The second-order valence-electron chi connectivity index (χ2n) is 7.23. The molecule has 0 spiro atoms. The molecule has 0 fully saturated rings. The third-order valence-electron chi connectivity index (χ3n) is 5.11. The van der Waals surface area contributed by atoms with Crippen LogP contribution in [0.2, 0.25) is 0 Å². The summed E-state index contributed by atoms with van der Waals surface area (Å²) in [6.07, 6.45) is 3.53. The lowest BCUT2D eigenvalue weighted by atomic mass is 10.1. The number of fused-ring (bicyclic) bond motifs is 1. The first-order chi connectivity index (χ1) is 14.3. The lowest BCUT2D eigenvalue weighted by Crippen LogP contribution is -2.15. The number of nitrogens with zero attached hydrogens (tertiary/aromatic N) is 3. The highest BCUT2D eigenvalue weighted by molar-refractivity contribution is 7.92. The average molecular weight is 436 g/mol. The predicted molar refractivity (Wildman–Crippen MR) is 105 cm³/mol. The Morgan fingerprint density at radius 2 is 1.77 bits per heavy atom. The zero-order valence-electron chi connectivity index (χ0n) is 16.1. The highest BCUT2D eigenvalue weighted by Crippen LogP contribution is 2.30. The molecule has 1 N–H and O–H groups in total. The molecule has 4 rings (SSSR count). The van der Waals surface area contributed by atoms with E-state index in [1.165, 1.54) is 19.1 Å². The smallest absolute Gasteiger partial charge is 0.262 e. The highest BCUT2D eigenvalue weighted by Gasteiger charge is 2.23. The van der Waals surface area contributed by atoms with E-state index in [9.17, 15) is 21.6 Å². The van der Waals surface area contributed by atoms with Gasteiger partial charge in [0.1, 0.15) is 23.3 Å². The molecule has 0 unspecified atom stereocenters. The van der Waals surface area contributed by atoms with Crippen LogP contribution >= 0.6 is 0 Å². The summed E-state index contributed by atoms with van der Waals surface area (Å²) >= 11 is 0. The third-order valence-corrected chi connectivity index (χ3v) is 6.47. The molecule has 30 heavy (non-hydrogen) atoms. The van der Waals surface area contributed by atoms with Gasteiger partial charge < -0.3 is 4.57 Å². The standard InChI is InChI=1S/C20H19F3N4O2S/c1-12-6-7-13(9-15(12)21)30(28,29)26-18-10-14(16(22)11-17(18)23)20-25-24-19-5-3-2-4-8-27(19)20/h6-7,9-11,26H,2-5,8H2,1H3. The molecule has 158 valence electrons. The largest absolute Gasteiger partial charge is 0.311 e. The Labute approximate surface area is 171 Å². The van der Waals surface area contributed by atoms with Crippen molar-refractivity contribution in [3.8, 4) is 11.4 Å². The van der Waals surface area contributed by atoms with Gasteiger partial charge in [-0.1, -0.05) is 12.5 Å².